The lowest BCUT2D eigenvalue weighted by Crippen LogP contribution is -2.20. The highest BCUT2D eigenvalue weighted by molar-refractivity contribution is 6.31. The van der Waals surface area contributed by atoms with E-state index in [0.29, 0.717) is 11.6 Å². The van der Waals surface area contributed by atoms with E-state index in [-0.39, 0.29) is 28.2 Å². The summed E-state index contributed by atoms with van der Waals surface area (Å²) in [5, 5.41) is 13.5. The molecular formula is C20H14ClF3N4O4. The monoisotopic (exact) mass is 466 g/mol. The fourth-order valence-electron chi connectivity index (χ4n) is 2.92. The van der Waals surface area contributed by atoms with Crippen LogP contribution in [0.4, 0.5) is 29.3 Å². The number of aromatic nitrogens is 1. The van der Waals surface area contributed by atoms with Crippen LogP contribution in [-0.4, -0.2) is 28.0 Å². The summed E-state index contributed by atoms with van der Waals surface area (Å²) in [5.41, 5.74) is 4.48. The van der Waals surface area contributed by atoms with Crippen molar-refractivity contribution in [1.29, 1.82) is 0 Å². The van der Waals surface area contributed by atoms with Gasteiger partial charge < -0.3 is 26.5 Å². The summed E-state index contributed by atoms with van der Waals surface area (Å²) in [5.74, 6) is -2.12. The van der Waals surface area contributed by atoms with Crippen molar-refractivity contribution in [1.82, 2.24) is 4.98 Å². The molecule has 0 bridgehead atoms. The van der Waals surface area contributed by atoms with Gasteiger partial charge in [-0.15, -0.1) is 0 Å². The Morgan fingerprint density at radius 1 is 1.00 bits per heavy atom. The van der Waals surface area contributed by atoms with Crippen LogP contribution >= 0.6 is 11.6 Å². The molecule has 12 heteroatoms. The van der Waals surface area contributed by atoms with Crippen LogP contribution in [0.15, 0.2) is 48.7 Å². The summed E-state index contributed by atoms with van der Waals surface area (Å²) in [6.45, 7) is 0. The largest absolute Gasteiger partial charge is 0.478 e. The number of urea groups is 1. The molecule has 0 aliphatic rings. The highest BCUT2D eigenvalue weighted by Crippen LogP contribution is 2.36. The van der Waals surface area contributed by atoms with Crippen molar-refractivity contribution in [2.24, 2.45) is 5.73 Å². The number of carboxylic acid groups (broad SMARTS) is 1. The average Bonchev–Trinajstić information content (AvgIpc) is 3.15. The quantitative estimate of drug-likeness (QED) is 0.369. The molecule has 166 valence electrons. The van der Waals surface area contributed by atoms with Gasteiger partial charge in [-0.05, 0) is 35.9 Å². The SMILES string of the molecule is NC(=O)c1[nH]cc(C(=O)O)c1-c1ccc(NC(=O)Nc2ccc(Cl)c(C(F)(F)F)c2)cc1. The zero-order chi connectivity index (χ0) is 23.6. The van der Waals surface area contributed by atoms with E-state index in [9.17, 15) is 32.7 Å². The van der Waals surface area contributed by atoms with Crippen molar-refractivity contribution in [2.75, 3.05) is 10.6 Å². The van der Waals surface area contributed by atoms with Crippen LogP contribution in [0.5, 0.6) is 0 Å². The number of hydrogen-bond acceptors (Lipinski definition) is 3. The second-order valence-electron chi connectivity index (χ2n) is 6.47. The zero-order valence-electron chi connectivity index (χ0n) is 15.9. The number of carbonyl (C=O) groups is 3. The summed E-state index contributed by atoms with van der Waals surface area (Å²) in [4.78, 5) is 37.7. The number of anilines is 2. The smallest absolute Gasteiger partial charge is 0.417 e. The maximum atomic E-state index is 12.9. The summed E-state index contributed by atoms with van der Waals surface area (Å²) in [6, 6.07) is 7.84. The van der Waals surface area contributed by atoms with Crippen LogP contribution in [0.2, 0.25) is 5.02 Å². The van der Waals surface area contributed by atoms with Crippen LogP contribution in [0.1, 0.15) is 26.4 Å². The second-order valence-corrected chi connectivity index (χ2v) is 6.88. The number of aromatic amines is 1. The van der Waals surface area contributed by atoms with Crippen LogP contribution in [0.25, 0.3) is 11.1 Å². The van der Waals surface area contributed by atoms with Gasteiger partial charge in [0, 0.05) is 23.1 Å². The number of rotatable bonds is 5. The van der Waals surface area contributed by atoms with Crippen molar-refractivity contribution in [2.45, 2.75) is 6.18 Å². The van der Waals surface area contributed by atoms with Gasteiger partial charge in [0.15, 0.2) is 0 Å². The Hall–Kier alpha value is -3.99. The number of amides is 3. The normalized spacial score (nSPS) is 11.1. The number of hydrogen-bond donors (Lipinski definition) is 5. The predicted molar refractivity (Wildman–Crippen MR) is 111 cm³/mol. The Kier molecular flexibility index (Phi) is 6.12. The van der Waals surface area contributed by atoms with Gasteiger partial charge >= 0.3 is 18.2 Å². The van der Waals surface area contributed by atoms with E-state index in [1.165, 1.54) is 30.3 Å². The predicted octanol–water partition coefficient (Wildman–Crippen LogP) is 4.80. The molecule has 0 radical (unpaired) electrons. The Labute approximate surface area is 183 Å². The number of halogens is 4. The van der Waals surface area contributed by atoms with Crippen molar-refractivity contribution in [3.05, 3.63) is 70.5 Å². The van der Waals surface area contributed by atoms with Gasteiger partial charge in [0.1, 0.15) is 5.69 Å². The minimum absolute atomic E-state index is 0.0850. The van der Waals surface area contributed by atoms with Gasteiger partial charge in [0.2, 0.25) is 0 Å². The summed E-state index contributed by atoms with van der Waals surface area (Å²) >= 11 is 5.55. The number of carboxylic acids is 1. The second kappa shape index (κ2) is 8.63. The highest BCUT2D eigenvalue weighted by atomic mass is 35.5. The van der Waals surface area contributed by atoms with Crippen LogP contribution in [0.3, 0.4) is 0 Å². The first kappa shape index (κ1) is 22.7. The van der Waals surface area contributed by atoms with Gasteiger partial charge in [-0.2, -0.15) is 13.2 Å². The topological polar surface area (TPSA) is 137 Å². The highest BCUT2D eigenvalue weighted by Gasteiger charge is 2.33. The Bertz CT molecular complexity index is 1180. The van der Waals surface area contributed by atoms with Crippen LogP contribution in [-0.2, 0) is 6.18 Å². The lowest BCUT2D eigenvalue weighted by Gasteiger charge is -2.12. The van der Waals surface area contributed by atoms with Crippen LogP contribution in [0, 0.1) is 0 Å². The van der Waals surface area contributed by atoms with Crippen molar-refractivity contribution < 1.29 is 32.7 Å². The molecule has 6 N–H and O–H groups in total. The number of alkyl halides is 3. The standard InChI is InChI=1S/C20H14ClF3N4O4/c21-14-6-5-11(7-13(14)20(22,23)24)28-19(32)27-10-3-1-9(2-4-10)15-12(18(30)31)8-26-16(15)17(25)29/h1-8,26H,(H2,25,29)(H,30,31)(H2,27,28,32). The molecule has 0 saturated carbocycles. The van der Waals surface area contributed by atoms with E-state index >= 15 is 0 Å². The van der Waals surface area contributed by atoms with Crippen molar-refractivity contribution in [3.63, 3.8) is 0 Å². The molecule has 1 aromatic heterocycles. The molecule has 32 heavy (non-hydrogen) atoms. The molecule has 0 unspecified atom stereocenters. The zero-order valence-corrected chi connectivity index (χ0v) is 16.6. The van der Waals surface area contributed by atoms with E-state index in [1.54, 1.807) is 0 Å². The Morgan fingerprint density at radius 3 is 2.16 bits per heavy atom. The summed E-state index contributed by atoms with van der Waals surface area (Å²) < 4.78 is 38.8. The average molecular weight is 467 g/mol. The van der Waals surface area contributed by atoms with Gasteiger partial charge in [0.05, 0.1) is 16.1 Å². The number of H-pyrrole nitrogens is 1. The fourth-order valence-corrected chi connectivity index (χ4v) is 3.14. The van der Waals surface area contributed by atoms with Gasteiger partial charge in [-0.3, -0.25) is 4.79 Å². The molecule has 3 aromatic rings. The number of aromatic carboxylic acids is 1. The summed E-state index contributed by atoms with van der Waals surface area (Å²) in [6.07, 6.45) is -3.55. The molecule has 0 spiro atoms. The molecule has 0 atom stereocenters. The molecule has 3 rings (SSSR count). The fraction of sp³-hybridized carbons (Fsp3) is 0.0500. The first-order valence-corrected chi connectivity index (χ1v) is 9.15. The van der Waals surface area contributed by atoms with E-state index in [4.69, 9.17) is 17.3 Å². The number of nitrogens with two attached hydrogens (primary N) is 1. The Morgan fingerprint density at radius 2 is 1.59 bits per heavy atom. The van der Waals surface area contributed by atoms with Gasteiger partial charge in [0.25, 0.3) is 5.91 Å². The number of benzene rings is 2. The maximum Gasteiger partial charge on any atom is 0.417 e. The molecule has 0 aliphatic heterocycles. The molecule has 0 aliphatic carbocycles. The van der Waals surface area contributed by atoms with E-state index < -0.39 is 34.7 Å². The molecule has 2 aromatic carbocycles. The third kappa shape index (κ3) is 4.83. The minimum Gasteiger partial charge on any atom is -0.478 e. The molecule has 0 fully saturated rings. The van der Waals surface area contributed by atoms with Gasteiger partial charge in [-0.1, -0.05) is 23.7 Å². The lowest BCUT2D eigenvalue weighted by atomic mass is 10.0. The van der Waals surface area contributed by atoms with Gasteiger partial charge in [-0.25, -0.2) is 9.59 Å². The van der Waals surface area contributed by atoms with E-state index in [0.717, 1.165) is 12.3 Å². The summed E-state index contributed by atoms with van der Waals surface area (Å²) in [7, 11) is 0. The van der Waals surface area contributed by atoms with Crippen molar-refractivity contribution >= 4 is 40.9 Å². The third-order valence-electron chi connectivity index (χ3n) is 4.32. The molecule has 3 amide bonds. The minimum atomic E-state index is -4.68. The third-order valence-corrected chi connectivity index (χ3v) is 4.65. The first-order chi connectivity index (χ1) is 15.0. The van der Waals surface area contributed by atoms with E-state index in [1.807, 2.05) is 0 Å². The van der Waals surface area contributed by atoms with Crippen LogP contribution < -0.4 is 16.4 Å². The van der Waals surface area contributed by atoms with Crippen molar-refractivity contribution in [3.8, 4) is 11.1 Å². The number of nitrogens with one attached hydrogen (secondary N) is 3. The molecule has 0 saturated heterocycles. The molecule has 1 heterocycles. The molecule has 8 nitrogen and oxygen atoms in total. The molecular weight excluding hydrogens is 453 g/mol. The number of carbonyl (C=O) groups excluding carboxylic acids is 2. The van der Waals surface area contributed by atoms with E-state index in [2.05, 4.69) is 15.6 Å². The first-order valence-electron chi connectivity index (χ1n) is 8.77. The Balaban J connectivity index is 1.78. The lowest BCUT2D eigenvalue weighted by molar-refractivity contribution is -0.137. The maximum absolute atomic E-state index is 12.9. The number of primary amides is 1.